The van der Waals surface area contributed by atoms with Gasteiger partial charge in [-0.3, -0.25) is 0 Å². The fraction of sp³-hybridized carbons (Fsp3) is 0.556. The molecular weight excluding hydrogens is 336 g/mol. The van der Waals surface area contributed by atoms with Gasteiger partial charge in [0.2, 0.25) is 0 Å². The number of carbonyl (C=O) groups is 1. The molecule has 1 atom stereocenters. The van der Waals surface area contributed by atoms with Crippen LogP contribution in [-0.2, 0) is 4.74 Å². The Morgan fingerprint density at radius 3 is 2.84 bits per heavy atom. The predicted molar refractivity (Wildman–Crippen MR) is 102 cm³/mol. The molecule has 2 heterocycles. The van der Waals surface area contributed by atoms with E-state index in [1.54, 1.807) is 11.3 Å². The Morgan fingerprint density at radius 1 is 1.36 bits per heavy atom. The molecule has 0 saturated carbocycles. The van der Waals surface area contributed by atoms with Crippen molar-refractivity contribution in [2.75, 3.05) is 38.1 Å². The number of piperazine rings is 1. The van der Waals surface area contributed by atoms with Crippen molar-refractivity contribution in [3.05, 3.63) is 24.3 Å². The maximum absolute atomic E-state index is 12.0. The van der Waals surface area contributed by atoms with E-state index in [1.165, 1.54) is 4.70 Å². The maximum atomic E-state index is 12.0. The average molecular weight is 362 g/mol. The van der Waals surface area contributed by atoms with Gasteiger partial charge in [0, 0.05) is 26.2 Å². The van der Waals surface area contributed by atoms with Gasteiger partial charge in [-0.15, -0.1) is 0 Å². The quantitative estimate of drug-likeness (QED) is 0.910. The second-order valence-electron chi connectivity index (χ2n) is 7.46. The molecule has 0 bridgehead atoms. The van der Waals surface area contributed by atoms with E-state index < -0.39 is 5.60 Å². The summed E-state index contributed by atoms with van der Waals surface area (Å²) >= 11 is 1.71. The van der Waals surface area contributed by atoms with Crippen LogP contribution in [0.1, 0.15) is 20.8 Å². The number of para-hydroxylation sites is 1. The van der Waals surface area contributed by atoms with Gasteiger partial charge in [0.25, 0.3) is 0 Å². The van der Waals surface area contributed by atoms with Gasteiger partial charge in [-0.1, -0.05) is 23.5 Å². The molecule has 3 rings (SSSR count). The van der Waals surface area contributed by atoms with Crippen LogP contribution in [0.5, 0.6) is 0 Å². The van der Waals surface area contributed by atoms with Gasteiger partial charge >= 0.3 is 6.09 Å². The van der Waals surface area contributed by atoms with Crippen molar-refractivity contribution < 1.29 is 9.53 Å². The first-order chi connectivity index (χ1) is 11.8. The first kappa shape index (κ1) is 17.9. The lowest BCUT2D eigenvalue weighted by Gasteiger charge is -2.40. The van der Waals surface area contributed by atoms with Crippen molar-refractivity contribution in [2.45, 2.75) is 32.4 Å². The largest absolute Gasteiger partial charge is 0.444 e. The minimum Gasteiger partial charge on any atom is -0.444 e. The van der Waals surface area contributed by atoms with Crippen molar-refractivity contribution in [3.8, 4) is 0 Å². The lowest BCUT2D eigenvalue weighted by atomic mass is 10.2. The molecule has 1 aromatic carbocycles. The summed E-state index contributed by atoms with van der Waals surface area (Å²) in [5.41, 5.74) is 0.542. The number of alkyl carbamates (subject to hydrolysis) is 1. The summed E-state index contributed by atoms with van der Waals surface area (Å²) < 4.78 is 6.54. The molecule has 2 aromatic rings. The minimum absolute atomic E-state index is 0.173. The number of thiazole rings is 1. The van der Waals surface area contributed by atoms with Crippen molar-refractivity contribution in [3.63, 3.8) is 0 Å². The Morgan fingerprint density at radius 2 is 2.12 bits per heavy atom. The fourth-order valence-electron chi connectivity index (χ4n) is 2.94. The van der Waals surface area contributed by atoms with E-state index in [9.17, 15) is 4.79 Å². The highest BCUT2D eigenvalue weighted by molar-refractivity contribution is 7.22. The van der Waals surface area contributed by atoms with Crippen molar-refractivity contribution in [1.29, 1.82) is 0 Å². The second kappa shape index (κ2) is 7.17. The Hall–Kier alpha value is -1.86. The van der Waals surface area contributed by atoms with Gasteiger partial charge in [0.15, 0.2) is 5.13 Å². The Labute approximate surface area is 152 Å². The summed E-state index contributed by atoms with van der Waals surface area (Å²) in [5.74, 6) is 0. The van der Waals surface area contributed by atoms with Gasteiger partial charge in [-0.25, -0.2) is 9.78 Å². The number of fused-ring (bicyclic) bond motifs is 1. The van der Waals surface area contributed by atoms with Crippen LogP contribution in [0.2, 0.25) is 0 Å². The van der Waals surface area contributed by atoms with E-state index in [4.69, 9.17) is 9.72 Å². The summed E-state index contributed by atoms with van der Waals surface area (Å²) in [5, 5.41) is 3.93. The maximum Gasteiger partial charge on any atom is 0.407 e. The molecule has 1 aromatic heterocycles. The second-order valence-corrected chi connectivity index (χ2v) is 8.47. The van der Waals surface area contributed by atoms with Crippen molar-refractivity contribution in [1.82, 2.24) is 15.2 Å². The van der Waals surface area contributed by atoms with E-state index in [0.717, 1.165) is 30.3 Å². The van der Waals surface area contributed by atoms with Gasteiger partial charge < -0.3 is 19.9 Å². The Bertz CT molecular complexity index is 707. The van der Waals surface area contributed by atoms with Gasteiger partial charge in [0.1, 0.15) is 5.60 Å². The lowest BCUT2D eigenvalue weighted by molar-refractivity contribution is 0.0520. The number of likely N-dealkylation sites (N-methyl/N-ethyl adjacent to an activating group) is 1. The standard InChI is InChI=1S/C18H26N4O2S/c1-18(2,3)24-17(23)19-11-13-12-21(4)9-10-22(13)16-20-14-7-5-6-8-15(14)25-16/h5-8,13H,9-12H2,1-4H3,(H,19,23). The molecule has 136 valence electrons. The molecule has 1 fully saturated rings. The zero-order valence-corrected chi connectivity index (χ0v) is 16.1. The zero-order chi connectivity index (χ0) is 18.0. The number of carbonyl (C=O) groups excluding carboxylic acids is 1. The highest BCUT2D eigenvalue weighted by Crippen LogP contribution is 2.30. The number of ether oxygens (including phenoxy) is 1. The first-order valence-corrected chi connectivity index (χ1v) is 9.41. The van der Waals surface area contributed by atoms with Crippen LogP contribution in [0.4, 0.5) is 9.93 Å². The number of aromatic nitrogens is 1. The molecule has 0 radical (unpaired) electrons. The van der Waals surface area contributed by atoms with E-state index in [-0.39, 0.29) is 12.1 Å². The number of amides is 1. The number of rotatable bonds is 3. The van der Waals surface area contributed by atoms with Crippen LogP contribution in [0.3, 0.4) is 0 Å². The van der Waals surface area contributed by atoms with Crippen molar-refractivity contribution in [2.24, 2.45) is 0 Å². The third-order valence-corrected chi connectivity index (χ3v) is 5.17. The van der Waals surface area contributed by atoms with Crippen LogP contribution in [-0.4, -0.2) is 60.8 Å². The minimum atomic E-state index is -0.486. The highest BCUT2D eigenvalue weighted by atomic mass is 32.1. The topological polar surface area (TPSA) is 57.7 Å². The number of hydrogen-bond donors (Lipinski definition) is 1. The molecular formula is C18H26N4O2S. The average Bonchev–Trinajstić information content (AvgIpc) is 2.95. The number of nitrogens with one attached hydrogen (secondary N) is 1. The number of benzene rings is 1. The molecule has 1 aliphatic heterocycles. The third kappa shape index (κ3) is 4.61. The normalized spacial score (nSPS) is 19.2. The summed E-state index contributed by atoms with van der Waals surface area (Å²) in [7, 11) is 2.11. The number of nitrogens with zero attached hydrogens (tertiary/aromatic N) is 3. The van der Waals surface area contributed by atoms with E-state index >= 15 is 0 Å². The molecule has 1 N–H and O–H groups in total. The van der Waals surface area contributed by atoms with Crippen LogP contribution in [0.25, 0.3) is 10.2 Å². The van der Waals surface area contributed by atoms with Gasteiger partial charge in [0.05, 0.1) is 16.3 Å². The molecule has 25 heavy (non-hydrogen) atoms. The summed E-state index contributed by atoms with van der Waals surface area (Å²) in [6, 6.07) is 8.36. The summed E-state index contributed by atoms with van der Waals surface area (Å²) in [6.45, 7) is 8.91. The summed E-state index contributed by atoms with van der Waals surface area (Å²) in [6.07, 6.45) is -0.370. The highest BCUT2D eigenvalue weighted by Gasteiger charge is 2.28. The van der Waals surface area contributed by atoms with E-state index in [1.807, 2.05) is 39.0 Å². The van der Waals surface area contributed by atoms with Crippen LogP contribution < -0.4 is 10.2 Å². The molecule has 0 spiro atoms. The van der Waals surface area contributed by atoms with Gasteiger partial charge in [-0.2, -0.15) is 0 Å². The van der Waals surface area contributed by atoms with Gasteiger partial charge in [-0.05, 0) is 40.0 Å². The predicted octanol–water partition coefficient (Wildman–Crippen LogP) is 2.94. The number of hydrogen-bond acceptors (Lipinski definition) is 6. The smallest absolute Gasteiger partial charge is 0.407 e. The SMILES string of the molecule is CN1CCN(c2nc3ccccc3s2)C(CNC(=O)OC(C)(C)C)C1. The molecule has 1 amide bonds. The zero-order valence-electron chi connectivity index (χ0n) is 15.3. The van der Waals surface area contributed by atoms with Crippen LogP contribution in [0, 0.1) is 0 Å². The Balaban J connectivity index is 1.71. The Kier molecular flexibility index (Phi) is 5.15. The first-order valence-electron chi connectivity index (χ1n) is 8.59. The molecule has 1 unspecified atom stereocenters. The van der Waals surface area contributed by atoms with Crippen LogP contribution in [0.15, 0.2) is 24.3 Å². The lowest BCUT2D eigenvalue weighted by Crippen LogP contribution is -2.56. The van der Waals surface area contributed by atoms with Crippen LogP contribution >= 0.6 is 11.3 Å². The molecule has 0 aliphatic carbocycles. The van der Waals surface area contributed by atoms with E-state index in [0.29, 0.717) is 6.54 Å². The molecule has 6 nitrogen and oxygen atoms in total. The molecule has 7 heteroatoms. The van der Waals surface area contributed by atoms with E-state index in [2.05, 4.69) is 28.2 Å². The summed E-state index contributed by atoms with van der Waals surface area (Å²) in [4.78, 5) is 21.4. The number of anilines is 1. The van der Waals surface area contributed by atoms with Crippen molar-refractivity contribution >= 4 is 32.8 Å². The molecule has 1 aliphatic rings. The monoisotopic (exact) mass is 362 g/mol. The third-order valence-electron chi connectivity index (χ3n) is 4.10. The fourth-order valence-corrected chi connectivity index (χ4v) is 4.00. The molecule has 1 saturated heterocycles.